The molecular formula is C30H26N4O9S. The van der Waals surface area contributed by atoms with Gasteiger partial charge in [-0.15, -0.1) is 0 Å². The highest BCUT2D eigenvalue weighted by Crippen LogP contribution is 2.37. The topological polar surface area (TPSA) is 167 Å². The van der Waals surface area contributed by atoms with E-state index in [1.165, 1.54) is 50.8 Å². The number of hydrazone groups is 1. The number of anilines is 1. The average Bonchev–Trinajstić information content (AvgIpc) is 3.04. The van der Waals surface area contributed by atoms with E-state index in [4.69, 9.17) is 14.2 Å². The number of benzene rings is 4. The lowest BCUT2D eigenvalue weighted by atomic mass is 10.2. The standard InChI is InChI=1S/C30H26N4O9S/c1-41-24-16-17-25(27(18-24)42-2)33(44(39,40)28-11-7-6-10-26(28)34(37)38)20-29(35)32-31-19-21-12-14-23(15-13-21)43-30(36)22-8-4-3-5-9-22/h3-19H,20H2,1-2H3,(H,32,35)/b31-19-. The molecule has 0 heterocycles. The Kier molecular flexibility index (Phi) is 9.88. The Morgan fingerprint density at radius 3 is 2.23 bits per heavy atom. The molecule has 0 radical (unpaired) electrons. The van der Waals surface area contributed by atoms with E-state index in [0.717, 1.165) is 12.1 Å². The van der Waals surface area contributed by atoms with Crippen molar-refractivity contribution in [2.75, 3.05) is 25.1 Å². The predicted molar refractivity (Wildman–Crippen MR) is 161 cm³/mol. The van der Waals surface area contributed by atoms with Gasteiger partial charge in [-0.2, -0.15) is 5.10 Å². The van der Waals surface area contributed by atoms with Crippen LogP contribution in [-0.4, -0.2) is 52.2 Å². The Morgan fingerprint density at radius 1 is 0.909 bits per heavy atom. The predicted octanol–water partition coefficient (Wildman–Crippen LogP) is 4.18. The molecule has 0 saturated carbocycles. The van der Waals surface area contributed by atoms with Crippen LogP contribution in [0.4, 0.5) is 11.4 Å². The number of para-hydroxylation sites is 1. The van der Waals surface area contributed by atoms with Crippen LogP contribution >= 0.6 is 0 Å². The second-order valence-corrected chi connectivity index (χ2v) is 10.7. The minimum absolute atomic E-state index is 0.0378. The lowest BCUT2D eigenvalue weighted by Crippen LogP contribution is -2.40. The molecular weight excluding hydrogens is 592 g/mol. The first-order valence-electron chi connectivity index (χ1n) is 12.8. The Bertz CT molecular complexity index is 1800. The van der Waals surface area contributed by atoms with Crippen LogP contribution in [0.25, 0.3) is 0 Å². The number of sulfonamides is 1. The van der Waals surface area contributed by atoms with Crippen molar-refractivity contribution in [1.82, 2.24) is 5.43 Å². The van der Waals surface area contributed by atoms with Crippen molar-refractivity contribution in [1.29, 1.82) is 0 Å². The number of amides is 1. The zero-order chi connectivity index (χ0) is 31.7. The summed E-state index contributed by atoms with van der Waals surface area (Å²) < 4.78 is 44.1. The van der Waals surface area contributed by atoms with Gasteiger partial charge in [0, 0.05) is 12.1 Å². The molecule has 4 aromatic carbocycles. The number of hydrogen-bond donors (Lipinski definition) is 1. The van der Waals surface area contributed by atoms with E-state index in [1.807, 2.05) is 0 Å². The second-order valence-electron chi connectivity index (χ2n) is 8.89. The van der Waals surface area contributed by atoms with E-state index < -0.39 is 44.0 Å². The Balaban J connectivity index is 1.53. The van der Waals surface area contributed by atoms with E-state index in [-0.39, 0.29) is 11.4 Å². The molecule has 4 rings (SSSR count). The number of nitro benzene ring substituents is 1. The lowest BCUT2D eigenvalue weighted by molar-refractivity contribution is -0.387. The third-order valence-corrected chi connectivity index (χ3v) is 7.88. The van der Waals surface area contributed by atoms with Gasteiger partial charge in [-0.25, -0.2) is 18.6 Å². The van der Waals surface area contributed by atoms with E-state index in [1.54, 1.807) is 54.6 Å². The lowest BCUT2D eigenvalue weighted by Gasteiger charge is -2.25. The fourth-order valence-corrected chi connectivity index (χ4v) is 5.53. The van der Waals surface area contributed by atoms with Crippen molar-refractivity contribution in [2.45, 2.75) is 4.90 Å². The summed E-state index contributed by atoms with van der Waals surface area (Å²) in [6.07, 6.45) is 1.30. The number of hydrogen-bond acceptors (Lipinski definition) is 10. The molecule has 0 aliphatic heterocycles. The molecule has 0 unspecified atom stereocenters. The molecule has 14 heteroatoms. The first-order chi connectivity index (χ1) is 21.1. The van der Waals surface area contributed by atoms with Gasteiger partial charge in [0.25, 0.3) is 21.6 Å². The molecule has 0 atom stereocenters. The quantitative estimate of drug-likeness (QED) is 0.0806. The van der Waals surface area contributed by atoms with Crippen LogP contribution in [0.3, 0.4) is 0 Å². The number of nitrogens with one attached hydrogen (secondary N) is 1. The van der Waals surface area contributed by atoms with Gasteiger partial charge in [-0.3, -0.25) is 19.2 Å². The molecule has 0 aliphatic carbocycles. The molecule has 1 amide bonds. The van der Waals surface area contributed by atoms with Gasteiger partial charge in [0.2, 0.25) is 0 Å². The minimum Gasteiger partial charge on any atom is -0.497 e. The zero-order valence-corrected chi connectivity index (χ0v) is 24.3. The summed E-state index contributed by atoms with van der Waals surface area (Å²) in [5.74, 6) is -0.688. The third-order valence-electron chi connectivity index (χ3n) is 6.08. The number of methoxy groups -OCH3 is 2. The van der Waals surface area contributed by atoms with E-state index in [2.05, 4.69) is 10.5 Å². The number of carbonyl (C=O) groups excluding carboxylic acids is 2. The molecule has 0 aliphatic rings. The van der Waals surface area contributed by atoms with Gasteiger partial charge in [0.1, 0.15) is 23.8 Å². The SMILES string of the molecule is COc1ccc(N(CC(=O)N/N=C\c2ccc(OC(=O)c3ccccc3)cc2)S(=O)(=O)c2ccccc2[N+](=O)[O-])c(OC)c1. The van der Waals surface area contributed by atoms with E-state index in [9.17, 15) is 28.1 Å². The van der Waals surface area contributed by atoms with Gasteiger partial charge in [0.05, 0.1) is 36.6 Å². The van der Waals surface area contributed by atoms with Crippen molar-refractivity contribution in [2.24, 2.45) is 5.10 Å². The molecule has 44 heavy (non-hydrogen) atoms. The molecule has 0 aromatic heterocycles. The van der Waals surface area contributed by atoms with Crippen molar-refractivity contribution >= 4 is 39.5 Å². The molecule has 226 valence electrons. The Labute approximate surface area is 252 Å². The zero-order valence-electron chi connectivity index (χ0n) is 23.4. The average molecular weight is 619 g/mol. The van der Waals surface area contributed by atoms with Crippen molar-refractivity contribution < 1.29 is 37.1 Å². The summed E-state index contributed by atoms with van der Waals surface area (Å²) in [6, 6.07) is 23.8. The minimum atomic E-state index is -4.67. The van der Waals surface area contributed by atoms with Crippen LogP contribution in [0, 0.1) is 10.1 Å². The smallest absolute Gasteiger partial charge is 0.343 e. The fraction of sp³-hybridized carbons (Fsp3) is 0.100. The molecule has 0 spiro atoms. The monoisotopic (exact) mass is 618 g/mol. The van der Waals surface area contributed by atoms with E-state index in [0.29, 0.717) is 26.9 Å². The molecule has 0 saturated heterocycles. The third kappa shape index (κ3) is 7.35. The number of nitrogens with zero attached hydrogens (tertiary/aromatic N) is 3. The highest BCUT2D eigenvalue weighted by molar-refractivity contribution is 7.93. The summed E-state index contributed by atoms with van der Waals surface area (Å²) >= 11 is 0. The van der Waals surface area contributed by atoms with Crippen LogP contribution in [0.2, 0.25) is 0 Å². The van der Waals surface area contributed by atoms with Crippen LogP contribution in [0.15, 0.2) is 107 Å². The molecule has 0 bridgehead atoms. The Hall–Kier alpha value is -5.76. The van der Waals surface area contributed by atoms with E-state index >= 15 is 0 Å². The maximum Gasteiger partial charge on any atom is 0.343 e. The van der Waals surface area contributed by atoms with Gasteiger partial charge < -0.3 is 14.2 Å². The number of esters is 1. The highest BCUT2D eigenvalue weighted by atomic mass is 32.2. The van der Waals surface area contributed by atoms with Crippen LogP contribution in [0.1, 0.15) is 15.9 Å². The highest BCUT2D eigenvalue weighted by Gasteiger charge is 2.34. The van der Waals surface area contributed by atoms with Gasteiger partial charge >= 0.3 is 5.97 Å². The number of nitro groups is 1. The van der Waals surface area contributed by atoms with Crippen molar-refractivity contribution in [3.63, 3.8) is 0 Å². The maximum atomic E-state index is 13.8. The molecule has 13 nitrogen and oxygen atoms in total. The van der Waals surface area contributed by atoms with Gasteiger partial charge in [-0.05, 0) is 60.2 Å². The number of carbonyl (C=O) groups is 2. The van der Waals surface area contributed by atoms with Crippen molar-refractivity contribution in [3.05, 3.63) is 118 Å². The summed E-state index contributed by atoms with van der Waals surface area (Å²) in [4.78, 5) is 35.4. The normalized spacial score (nSPS) is 11.0. The first-order valence-corrected chi connectivity index (χ1v) is 14.3. The summed E-state index contributed by atoms with van der Waals surface area (Å²) in [6.45, 7) is -0.803. The van der Waals surface area contributed by atoms with Crippen LogP contribution in [0.5, 0.6) is 17.2 Å². The molecule has 1 N–H and O–H groups in total. The molecule has 0 fully saturated rings. The summed E-state index contributed by atoms with van der Waals surface area (Å²) in [5.41, 5.74) is 2.46. The summed E-state index contributed by atoms with van der Waals surface area (Å²) in [5, 5.41) is 15.5. The first kappa shape index (κ1) is 31.2. The largest absolute Gasteiger partial charge is 0.497 e. The number of rotatable bonds is 12. The number of ether oxygens (including phenoxy) is 3. The van der Waals surface area contributed by atoms with Crippen LogP contribution < -0.4 is 23.9 Å². The Morgan fingerprint density at radius 2 is 1.57 bits per heavy atom. The second kappa shape index (κ2) is 13.9. The fourth-order valence-electron chi connectivity index (χ4n) is 3.94. The maximum absolute atomic E-state index is 13.8. The van der Waals surface area contributed by atoms with Gasteiger partial charge in [0.15, 0.2) is 4.90 Å². The van der Waals surface area contributed by atoms with Crippen molar-refractivity contribution in [3.8, 4) is 17.2 Å². The summed E-state index contributed by atoms with van der Waals surface area (Å²) in [7, 11) is -1.97. The van der Waals surface area contributed by atoms with Crippen LogP contribution in [-0.2, 0) is 14.8 Å². The molecule has 4 aromatic rings. The van der Waals surface area contributed by atoms with Gasteiger partial charge in [-0.1, -0.05) is 30.3 Å².